The van der Waals surface area contributed by atoms with E-state index in [4.69, 9.17) is 0 Å². The highest BCUT2D eigenvalue weighted by atomic mass is 19.1. The van der Waals surface area contributed by atoms with Gasteiger partial charge in [-0.05, 0) is 31.8 Å². The number of nitrogens with one attached hydrogen (secondary N) is 1. The van der Waals surface area contributed by atoms with E-state index in [9.17, 15) is 4.39 Å². The molecule has 0 unspecified atom stereocenters. The first kappa shape index (κ1) is 8.69. The molecule has 0 amide bonds. The molecular weight excluding hydrogens is 169 g/mol. The highest BCUT2D eigenvalue weighted by Crippen LogP contribution is 2.11. The maximum absolute atomic E-state index is 12.6. The molecule has 0 spiro atoms. The molecule has 1 atom stereocenters. The van der Waals surface area contributed by atoms with Crippen molar-refractivity contribution in [1.29, 1.82) is 0 Å². The Morgan fingerprint density at radius 2 is 2.62 bits per heavy atom. The van der Waals surface area contributed by atoms with Crippen LogP contribution in [-0.2, 0) is 6.54 Å². The largest absolute Gasteiger partial charge is 0.316 e. The van der Waals surface area contributed by atoms with Crippen molar-refractivity contribution in [2.45, 2.75) is 19.4 Å². The summed E-state index contributed by atoms with van der Waals surface area (Å²) in [5.74, 6) is 0.358. The number of rotatable bonds is 2. The predicted octanol–water partition coefficient (Wildman–Crippen LogP) is 1.02. The van der Waals surface area contributed by atoms with Gasteiger partial charge in [-0.1, -0.05) is 0 Å². The summed E-state index contributed by atoms with van der Waals surface area (Å²) in [7, 11) is 0. The molecule has 0 bridgehead atoms. The van der Waals surface area contributed by atoms with Gasteiger partial charge in [-0.3, -0.25) is 4.68 Å². The fourth-order valence-electron chi connectivity index (χ4n) is 1.78. The topological polar surface area (TPSA) is 29.9 Å². The Labute approximate surface area is 76.9 Å². The van der Waals surface area contributed by atoms with E-state index in [0.717, 1.165) is 19.6 Å². The van der Waals surface area contributed by atoms with Gasteiger partial charge in [0, 0.05) is 6.54 Å². The number of piperidine rings is 1. The van der Waals surface area contributed by atoms with Gasteiger partial charge in [0.2, 0.25) is 0 Å². The van der Waals surface area contributed by atoms with Crippen LogP contribution in [0, 0.1) is 11.7 Å². The van der Waals surface area contributed by atoms with Gasteiger partial charge in [0.25, 0.3) is 0 Å². The van der Waals surface area contributed by atoms with E-state index in [2.05, 4.69) is 10.4 Å². The van der Waals surface area contributed by atoms with Crippen LogP contribution in [0.15, 0.2) is 12.4 Å². The maximum atomic E-state index is 12.6. The molecule has 0 radical (unpaired) electrons. The molecule has 1 saturated heterocycles. The van der Waals surface area contributed by atoms with E-state index in [-0.39, 0.29) is 5.82 Å². The lowest BCUT2D eigenvalue weighted by molar-refractivity contribution is 0.325. The zero-order valence-corrected chi connectivity index (χ0v) is 7.54. The zero-order valence-electron chi connectivity index (χ0n) is 7.54. The molecule has 4 heteroatoms. The van der Waals surface area contributed by atoms with E-state index in [0.29, 0.717) is 5.92 Å². The third kappa shape index (κ3) is 2.28. The standard InChI is InChI=1S/C9H14FN3/c10-9-5-12-13(7-9)6-8-2-1-3-11-4-8/h5,7-8,11H,1-4,6H2/t8-/m0/s1. The van der Waals surface area contributed by atoms with Gasteiger partial charge in [-0.2, -0.15) is 5.10 Å². The average Bonchev–Trinajstić information content (AvgIpc) is 2.53. The molecule has 0 saturated carbocycles. The molecular formula is C9H14FN3. The summed E-state index contributed by atoms with van der Waals surface area (Å²) < 4.78 is 14.3. The van der Waals surface area contributed by atoms with Gasteiger partial charge in [0.05, 0.1) is 12.4 Å². The van der Waals surface area contributed by atoms with Crippen LogP contribution in [0.25, 0.3) is 0 Å². The molecule has 1 aliphatic rings. The summed E-state index contributed by atoms with van der Waals surface area (Å²) in [5.41, 5.74) is 0. The van der Waals surface area contributed by atoms with E-state index in [1.165, 1.54) is 25.2 Å². The number of nitrogens with zero attached hydrogens (tertiary/aromatic N) is 2. The fourth-order valence-corrected chi connectivity index (χ4v) is 1.78. The van der Waals surface area contributed by atoms with E-state index in [1.54, 1.807) is 4.68 Å². The molecule has 3 nitrogen and oxygen atoms in total. The summed E-state index contributed by atoms with van der Waals surface area (Å²) in [6, 6.07) is 0. The second-order valence-corrected chi connectivity index (χ2v) is 3.59. The van der Waals surface area contributed by atoms with Crippen molar-refractivity contribution in [1.82, 2.24) is 15.1 Å². The van der Waals surface area contributed by atoms with Gasteiger partial charge < -0.3 is 5.32 Å². The Kier molecular flexibility index (Phi) is 2.59. The highest BCUT2D eigenvalue weighted by molar-refractivity contribution is 4.84. The Bertz CT molecular complexity index is 266. The summed E-state index contributed by atoms with van der Waals surface area (Å²) in [6.45, 7) is 2.97. The minimum atomic E-state index is -0.247. The second kappa shape index (κ2) is 3.87. The Morgan fingerprint density at radius 3 is 3.23 bits per heavy atom. The summed E-state index contributed by atoms with van der Waals surface area (Å²) >= 11 is 0. The molecule has 13 heavy (non-hydrogen) atoms. The minimum Gasteiger partial charge on any atom is -0.316 e. The molecule has 0 aromatic carbocycles. The van der Waals surface area contributed by atoms with Crippen molar-refractivity contribution >= 4 is 0 Å². The molecule has 1 aliphatic heterocycles. The first-order chi connectivity index (χ1) is 6.34. The number of hydrogen-bond acceptors (Lipinski definition) is 2. The van der Waals surface area contributed by atoms with Gasteiger partial charge >= 0.3 is 0 Å². The molecule has 1 N–H and O–H groups in total. The van der Waals surface area contributed by atoms with Gasteiger partial charge in [0.1, 0.15) is 0 Å². The fraction of sp³-hybridized carbons (Fsp3) is 0.667. The summed E-state index contributed by atoms with van der Waals surface area (Å²) in [6.07, 6.45) is 5.15. The summed E-state index contributed by atoms with van der Waals surface area (Å²) in [4.78, 5) is 0. The lowest BCUT2D eigenvalue weighted by atomic mass is 10.00. The van der Waals surface area contributed by atoms with Crippen LogP contribution in [0.4, 0.5) is 4.39 Å². The molecule has 1 aromatic heterocycles. The van der Waals surface area contributed by atoms with E-state index < -0.39 is 0 Å². The normalized spacial score (nSPS) is 23.3. The third-order valence-corrected chi connectivity index (χ3v) is 2.45. The number of hydrogen-bond donors (Lipinski definition) is 1. The first-order valence-corrected chi connectivity index (χ1v) is 4.73. The second-order valence-electron chi connectivity index (χ2n) is 3.59. The molecule has 0 aliphatic carbocycles. The lowest BCUT2D eigenvalue weighted by Crippen LogP contribution is -2.32. The Morgan fingerprint density at radius 1 is 1.69 bits per heavy atom. The molecule has 72 valence electrons. The van der Waals surface area contributed by atoms with Crippen molar-refractivity contribution in [2.24, 2.45) is 5.92 Å². The highest BCUT2D eigenvalue weighted by Gasteiger charge is 2.13. The molecule has 1 fully saturated rings. The van der Waals surface area contributed by atoms with Crippen molar-refractivity contribution in [3.63, 3.8) is 0 Å². The average molecular weight is 183 g/mol. The molecule has 2 rings (SSSR count). The van der Waals surface area contributed by atoms with Crippen molar-refractivity contribution in [3.8, 4) is 0 Å². The van der Waals surface area contributed by atoms with Crippen molar-refractivity contribution in [2.75, 3.05) is 13.1 Å². The zero-order chi connectivity index (χ0) is 9.10. The van der Waals surface area contributed by atoms with Gasteiger partial charge in [0.15, 0.2) is 5.82 Å². The minimum absolute atomic E-state index is 0.247. The Hall–Kier alpha value is -0.900. The van der Waals surface area contributed by atoms with Crippen LogP contribution in [-0.4, -0.2) is 22.9 Å². The molecule has 1 aromatic rings. The monoisotopic (exact) mass is 183 g/mol. The van der Waals surface area contributed by atoms with Gasteiger partial charge in [-0.15, -0.1) is 0 Å². The van der Waals surface area contributed by atoms with Crippen LogP contribution in [0.5, 0.6) is 0 Å². The molecule has 2 heterocycles. The SMILES string of the molecule is Fc1cnn(C[C@H]2CCCNC2)c1. The number of aromatic nitrogens is 2. The van der Waals surface area contributed by atoms with E-state index >= 15 is 0 Å². The Balaban J connectivity index is 1.89. The predicted molar refractivity (Wildman–Crippen MR) is 47.8 cm³/mol. The van der Waals surface area contributed by atoms with Crippen LogP contribution in [0.2, 0.25) is 0 Å². The third-order valence-electron chi connectivity index (χ3n) is 2.45. The quantitative estimate of drug-likeness (QED) is 0.742. The summed E-state index contributed by atoms with van der Waals surface area (Å²) in [5, 5.41) is 7.25. The lowest BCUT2D eigenvalue weighted by Gasteiger charge is -2.22. The van der Waals surface area contributed by atoms with Crippen molar-refractivity contribution < 1.29 is 4.39 Å². The maximum Gasteiger partial charge on any atom is 0.161 e. The smallest absolute Gasteiger partial charge is 0.161 e. The first-order valence-electron chi connectivity index (χ1n) is 4.73. The van der Waals surface area contributed by atoms with Crippen LogP contribution < -0.4 is 5.32 Å². The van der Waals surface area contributed by atoms with E-state index in [1.807, 2.05) is 0 Å². The van der Waals surface area contributed by atoms with Crippen LogP contribution in [0.1, 0.15) is 12.8 Å². The van der Waals surface area contributed by atoms with Gasteiger partial charge in [-0.25, -0.2) is 4.39 Å². The number of halogens is 1. The van der Waals surface area contributed by atoms with Crippen molar-refractivity contribution in [3.05, 3.63) is 18.2 Å². The van der Waals surface area contributed by atoms with Crippen LogP contribution >= 0.6 is 0 Å². The van der Waals surface area contributed by atoms with Crippen LogP contribution in [0.3, 0.4) is 0 Å².